The van der Waals surface area contributed by atoms with Crippen LogP contribution in [0.25, 0.3) is 0 Å². The van der Waals surface area contributed by atoms with E-state index < -0.39 is 23.9 Å². The highest BCUT2D eigenvalue weighted by molar-refractivity contribution is 6.36. The molecular weight excluding hydrogens is 359 g/mol. The summed E-state index contributed by atoms with van der Waals surface area (Å²) in [5.41, 5.74) is 0.201. The Bertz CT molecular complexity index is 705. The van der Waals surface area contributed by atoms with Gasteiger partial charge < -0.3 is 20.1 Å². The van der Waals surface area contributed by atoms with Gasteiger partial charge >= 0.3 is 11.9 Å². The summed E-state index contributed by atoms with van der Waals surface area (Å²) in [6, 6.07) is 4.41. The molecule has 1 saturated heterocycles. The molecule has 1 atom stereocenters. The topological polar surface area (TPSA) is 93.7 Å². The van der Waals surface area contributed by atoms with Gasteiger partial charge in [0.05, 0.1) is 36.9 Å². The summed E-state index contributed by atoms with van der Waals surface area (Å²) < 4.78 is 9.79. The normalized spacial score (nSPS) is 19.0. The fraction of sp³-hybridized carbons (Fsp3) is 0.267. The number of carbonyl (C=O) groups excluding carboxylic acids is 3. The van der Waals surface area contributed by atoms with Gasteiger partial charge in [-0.3, -0.25) is 4.79 Å². The van der Waals surface area contributed by atoms with Crippen LogP contribution in [0.15, 0.2) is 30.0 Å². The molecule has 0 unspecified atom stereocenters. The smallest absolute Gasteiger partial charge is 0.340 e. The molecule has 1 aliphatic heterocycles. The van der Waals surface area contributed by atoms with Crippen LogP contribution in [-0.2, 0) is 19.1 Å². The van der Waals surface area contributed by atoms with Crippen LogP contribution in [0.5, 0.6) is 0 Å². The summed E-state index contributed by atoms with van der Waals surface area (Å²) in [7, 11) is 1.20. The van der Waals surface area contributed by atoms with E-state index in [1.807, 2.05) is 0 Å². The van der Waals surface area contributed by atoms with Crippen LogP contribution in [0.1, 0.15) is 10.4 Å². The Kier molecular flexibility index (Phi) is 6.05. The number of amides is 1. The van der Waals surface area contributed by atoms with Crippen molar-refractivity contribution in [2.45, 2.75) is 6.10 Å². The molecule has 128 valence electrons. The molecule has 2 N–H and O–H groups in total. The van der Waals surface area contributed by atoms with Crippen molar-refractivity contribution < 1.29 is 23.9 Å². The summed E-state index contributed by atoms with van der Waals surface area (Å²) in [6.45, 7) is 0.222. The Morgan fingerprint density at radius 1 is 1.25 bits per heavy atom. The lowest BCUT2D eigenvalue weighted by Gasteiger charge is -2.16. The Balaban J connectivity index is 2.04. The summed E-state index contributed by atoms with van der Waals surface area (Å²) >= 11 is 11.7. The number of halogens is 2. The van der Waals surface area contributed by atoms with E-state index in [1.54, 1.807) is 0 Å². The molecule has 0 aliphatic carbocycles. The Labute approximate surface area is 147 Å². The zero-order valence-corrected chi connectivity index (χ0v) is 14.1. The molecule has 0 bridgehead atoms. The Morgan fingerprint density at radius 2 is 1.96 bits per heavy atom. The van der Waals surface area contributed by atoms with E-state index in [1.165, 1.54) is 25.3 Å². The minimum Gasteiger partial charge on any atom is -0.466 e. The molecule has 9 heteroatoms. The highest BCUT2D eigenvalue weighted by Gasteiger charge is 2.24. The van der Waals surface area contributed by atoms with Gasteiger partial charge in [-0.25, -0.2) is 9.59 Å². The average molecular weight is 373 g/mol. The number of hydrogen-bond acceptors (Lipinski definition) is 6. The molecule has 0 aromatic heterocycles. The lowest BCUT2D eigenvalue weighted by Crippen LogP contribution is -2.34. The number of hydrogen-bond donors (Lipinski definition) is 2. The van der Waals surface area contributed by atoms with Gasteiger partial charge in [0, 0.05) is 5.02 Å². The summed E-state index contributed by atoms with van der Waals surface area (Å²) in [4.78, 5) is 35.2. The predicted octanol–water partition coefficient (Wildman–Crippen LogP) is 1.30. The first-order chi connectivity index (χ1) is 11.4. The van der Waals surface area contributed by atoms with Crippen molar-refractivity contribution in [1.82, 2.24) is 10.6 Å². The van der Waals surface area contributed by atoms with Crippen LogP contribution >= 0.6 is 23.2 Å². The lowest BCUT2D eigenvalue weighted by atomic mass is 10.2. The minimum absolute atomic E-state index is 0.0323. The fourth-order valence-electron chi connectivity index (χ4n) is 1.92. The molecule has 7 nitrogen and oxygen atoms in total. The first kappa shape index (κ1) is 18.1. The van der Waals surface area contributed by atoms with Gasteiger partial charge in [0.1, 0.15) is 11.8 Å². The second-order valence-corrected chi connectivity index (χ2v) is 5.67. The van der Waals surface area contributed by atoms with Gasteiger partial charge in [0.2, 0.25) is 0 Å². The van der Waals surface area contributed by atoms with Gasteiger partial charge in [-0.1, -0.05) is 23.2 Å². The molecule has 0 saturated carbocycles. The molecule has 2 rings (SSSR count). The zero-order valence-electron chi connectivity index (χ0n) is 12.6. The zero-order chi connectivity index (χ0) is 17.7. The third kappa shape index (κ3) is 4.62. The van der Waals surface area contributed by atoms with Crippen LogP contribution in [0.4, 0.5) is 0 Å². The Morgan fingerprint density at radius 3 is 2.62 bits per heavy atom. The highest BCUT2D eigenvalue weighted by Crippen LogP contribution is 2.22. The largest absolute Gasteiger partial charge is 0.466 e. The summed E-state index contributed by atoms with van der Waals surface area (Å²) in [6.07, 6.45) is 0.382. The van der Waals surface area contributed by atoms with Gasteiger partial charge in [-0.2, -0.15) is 0 Å². The van der Waals surface area contributed by atoms with E-state index in [-0.39, 0.29) is 29.4 Å². The van der Waals surface area contributed by atoms with Crippen LogP contribution in [0.2, 0.25) is 10.0 Å². The molecular formula is C15H14Cl2N2O5. The molecule has 1 aliphatic rings. The molecule has 1 fully saturated rings. The molecule has 24 heavy (non-hydrogen) atoms. The Hall–Kier alpha value is -2.25. The monoisotopic (exact) mass is 372 g/mol. The van der Waals surface area contributed by atoms with E-state index in [4.69, 9.17) is 27.9 Å². The van der Waals surface area contributed by atoms with Crippen molar-refractivity contribution in [2.75, 3.05) is 20.2 Å². The van der Waals surface area contributed by atoms with Crippen molar-refractivity contribution in [1.29, 1.82) is 0 Å². The molecule has 1 aromatic carbocycles. The van der Waals surface area contributed by atoms with E-state index in [2.05, 4.69) is 15.4 Å². The third-order valence-corrected chi connectivity index (χ3v) is 3.69. The van der Waals surface area contributed by atoms with Gasteiger partial charge in [-0.05, 0) is 18.2 Å². The summed E-state index contributed by atoms with van der Waals surface area (Å²) in [5.74, 6) is -1.81. The third-order valence-electron chi connectivity index (χ3n) is 3.14. The van der Waals surface area contributed by atoms with E-state index in [9.17, 15) is 14.4 Å². The van der Waals surface area contributed by atoms with Gasteiger partial charge in [0.25, 0.3) is 5.91 Å². The fourth-order valence-corrected chi connectivity index (χ4v) is 2.41. The number of nitrogens with one attached hydrogen (secondary N) is 2. The highest BCUT2D eigenvalue weighted by atomic mass is 35.5. The van der Waals surface area contributed by atoms with Gasteiger partial charge in [0.15, 0.2) is 0 Å². The maximum absolute atomic E-state index is 12.2. The standard InChI is InChI=1S/C15H14Cl2N2O5/c1-23-13(20)5-12-14(21)19-7-9(6-18-12)24-15(22)10-3-2-8(16)4-11(10)17/h2-5,9,18H,6-7H2,1H3,(H,19,21)/b12-5+/t9-/m0/s1. The van der Waals surface area contributed by atoms with Crippen LogP contribution < -0.4 is 10.6 Å². The molecule has 1 heterocycles. The maximum atomic E-state index is 12.2. The van der Waals surface area contributed by atoms with Crippen LogP contribution in [0.3, 0.4) is 0 Å². The predicted molar refractivity (Wildman–Crippen MR) is 86.8 cm³/mol. The van der Waals surface area contributed by atoms with Crippen molar-refractivity contribution in [3.8, 4) is 0 Å². The van der Waals surface area contributed by atoms with Crippen molar-refractivity contribution in [3.05, 3.63) is 45.6 Å². The molecule has 0 spiro atoms. The number of esters is 2. The SMILES string of the molecule is COC(=O)/C=C1/NC[C@H](OC(=O)c2ccc(Cl)cc2Cl)CNC1=O. The van der Waals surface area contributed by atoms with E-state index in [0.717, 1.165) is 6.08 Å². The average Bonchev–Trinajstić information content (AvgIpc) is 2.70. The molecule has 1 aromatic rings. The van der Waals surface area contributed by atoms with Crippen molar-refractivity contribution >= 4 is 41.0 Å². The minimum atomic E-state index is -0.670. The first-order valence-corrected chi connectivity index (χ1v) is 7.64. The quantitative estimate of drug-likeness (QED) is 0.613. The number of rotatable bonds is 3. The van der Waals surface area contributed by atoms with E-state index >= 15 is 0 Å². The maximum Gasteiger partial charge on any atom is 0.340 e. The van der Waals surface area contributed by atoms with E-state index in [0.29, 0.717) is 5.02 Å². The number of methoxy groups -OCH3 is 1. The number of carbonyl (C=O) groups is 3. The second kappa shape index (κ2) is 8.03. The second-order valence-electron chi connectivity index (χ2n) is 4.82. The van der Waals surface area contributed by atoms with Crippen molar-refractivity contribution in [2.24, 2.45) is 0 Å². The summed E-state index contributed by atoms with van der Waals surface area (Å²) in [5, 5.41) is 5.86. The molecule has 0 radical (unpaired) electrons. The van der Waals surface area contributed by atoms with Crippen LogP contribution in [0, 0.1) is 0 Å². The number of benzene rings is 1. The number of ether oxygens (including phenoxy) is 2. The first-order valence-electron chi connectivity index (χ1n) is 6.88. The molecule has 1 amide bonds. The van der Waals surface area contributed by atoms with Gasteiger partial charge in [-0.15, -0.1) is 0 Å². The van der Waals surface area contributed by atoms with Crippen molar-refractivity contribution in [3.63, 3.8) is 0 Å². The lowest BCUT2D eigenvalue weighted by molar-refractivity contribution is -0.135. The van der Waals surface area contributed by atoms with Crippen LogP contribution in [-0.4, -0.2) is 44.1 Å².